The highest BCUT2D eigenvalue weighted by Crippen LogP contribution is 2.69. The van der Waals surface area contributed by atoms with Crippen LogP contribution in [0, 0.1) is 41.2 Å². The first kappa shape index (κ1) is 17.2. The summed E-state index contributed by atoms with van der Waals surface area (Å²) in [5.74, 6) is -6.45. The maximum absolute atomic E-state index is 14.5. The number of hydrogen-bond donors (Lipinski definition) is 0. The first-order chi connectivity index (χ1) is 11.0. The van der Waals surface area contributed by atoms with Gasteiger partial charge in [0.1, 0.15) is 5.41 Å². The summed E-state index contributed by atoms with van der Waals surface area (Å²) >= 11 is 0. The molecule has 1 aromatic rings. The van der Waals surface area contributed by atoms with Crippen LogP contribution in [0.3, 0.4) is 0 Å². The second-order valence-electron chi connectivity index (χ2n) is 7.10. The Kier molecular flexibility index (Phi) is 3.53. The normalized spacial score (nSPS) is 33.0. The summed E-state index contributed by atoms with van der Waals surface area (Å²) < 4.78 is 85.0. The summed E-state index contributed by atoms with van der Waals surface area (Å²) in [6, 6.07) is 2.44. The zero-order chi connectivity index (χ0) is 18.0. The number of benzene rings is 1. The van der Waals surface area contributed by atoms with Crippen molar-refractivity contribution in [3.8, 4) is 11.8 Å². The molecule has 3 aliphatic rings. The second-order valence-corrected chi connectivity index (χ2v) is 7.10. The number of fused-ring (bicyclic) bond motifs is 3. The van der Waals surface area contributed by atoms with Crippen LogP contribution >= 0.6 is 0 Å². The smallest absolute Gasteiger partial charge is 0.203 e. The van der Waals surface area contributed by atoms with Gasteiger partial charge in [-0.3, -0.25) is 0 Å². The topological polar surface area (TPSA) is 0 Å². The van der Waals surface area contributed by atoms with Crippen LogP contribution in [0.1, 0.15) is 43.7 Å². The van der Waals surface area contributed by atoms with Gasteiger partial charge < -0.3 is 0 Å². The van der Waals surface area contributed by atoms with Crippen molar-refractivity contribution < 1.29 is 26.3 Å². The summed E-state index contributed by atoms with van der Waals surface area (Å²) in [5, 5.41) is 0. The molecule has 0 atom stereocenters. The average Bonchev–Trinajstić information content (AvgIpc) is 2.52. The molecule has 0 aromatic heterocycles. The molecule has 130 valence electrons. The van der Waals surface area contributed by atoms with Gasteiger partial charge in [0.15, 0.2) is 11.6 Å². The van der Waals surface area contributed by atoms with Crippen LogP contribution in [0.5, 0.6) is 0 Å². The molecule has 2 bridgehead atoms. The van der Waals surface area contributed by atoms with E-state index in [1.165, 1.54) is 26.0 Å². The van der Waals surface area contributed by atoms with E-state index in [4.69, 9.17) is 0 Å². The maximum atomic E-state index is 14.5. The molecule has 0 radical (unpaired) electrons. The lowest BCUT2D eigenvalue weighted by atomic mass is 9.50. The number of alkyl halides is 4. The molecule has 0 heterocycles. The van der Waals surface area contributed by atoms with Crippen molar-refractivity contribution in [2.75, 3.05) is 0 Å². The van der Waals surface area contributed by atoms with E-state index in [2.05, 4.69) is 11.8 Å². The van der Waals surface area contributed by atoms with Crippen molar-refractivity contribution in [2.45, 2.75) is 51.4 Å². The van der Waals surface area contributed by atoms with Gasteiger partial charge >= 0.3 is 11.8 Å². The van der Waals surface area contributed by atoms with Crippen molar-refractivity contribution in [3.05, 3.63) is 34.9 Å². The lowest BCUT2D eigenvalue weighted by Crippen LogP contribution is -2.68. The zero-order valence-electron chi connectivity index (χ0n) is 13.3. The van der Waals surface area contributed by atoms with Crippen molar-refractivity contribution in [2.24, 2.45) is 10.8 Å². The molecule has 0 unspecified atom stereocenters. The van der Waals surface area contributed by atoms with E-state index >= 15 is 0 Å². The zero-order valence-corrected chi connectivity index (χ0v) is 13.3. The molecular formula is C18H16F6. The Balaban J connectivity index is 2.07. The predicted octanol–water partition coefficient (Wildman–Crippen LogP) is 5.48. The largest absolute Gasteiger partial charge is 0.326 e. The summed E-state index contributed by atoms with van der Waals surface area (Å²) in [4.78, 5) is 0. The van der Waals surface area contributed by atoms with Gasteiger partial charge in [-0.25, -0.2) is 8.78 Å². The van der Waals surface area contributed by atoms with E-state index < -0.39 is 39.9 Å². The lowest BCUT2D eigenvalue weighted by molar-refractivity contribution is -0.349. The molecule has 6 heteroatoms. The fraction of sp³-hybridized carbons (Fsp3) is 0.556. The minimum absolute atomic E-state index is 0.0548. The number of hydrogen-bond acceptors (Lipinski definition) is 0. The summed E-state index contributed by atoms with van der Waals surface area (Å²) in [7, 11) is 0. The molecule has 0 amide bonds. The summed E-state index contributed by atoms with van der Waals surface area (Å²) in [6.07, 6.45) is -0.520. The minimum Gasteiger partial charge on any atom is -0.203 e. The third-order valence-electron chi connectivity index (χ3n) is 5.67. The Morgan fingerprint density at radius 2 is 1.46 bits per heavy atom. The van der Waals surface area contributed by atoms with Gasteiger partial charge in [0.2, 0.25) is 0 Å². The number of halogens is 6. The third kappa shape index (κ3) is 1.96. The molecule has 3 saturated carbocycles. The molecule has 0 spiro atoms. The highest BCUT2D eigenvalue weighted by Gasteiger charge is 2.79. The van der Waals surface area contributed by atoms with Crippen LogP contribution in [0.15, 0.2) is 12.1 Å². The molecule has 0 aliphatic heterocycles. The number of rotatable bonds is 0. The fourth-order valence-electron chi connectivity index (χ4n) is 3.67. The summed E-state index contributed by atoms with van der Waals surface area (Å²) in [5.41, 5.74) is -4.30. The van der Waals surface area contributed by atoms with Crippen LogP contribution in [0.2, 0.25) is 0 Å². The van der Waals surface area contributed by atoms with Crippen molar-refractivity contribution >= 4 is 0 Å². The quantitative estimate of drug-likeness (QED) is 0.431. The van der Waals surface area contributed by atoms with Crippen LogP contribution in [0.25, 0.3) is 0 Å². The van der Waals surface area contributed by atoms with E-state index in [9.17, 15) is 26.3 Å². The minimum atomic E-state index is -4.31. The Labute approximate surface area is 136 Å². The molecule has 4 rings (SSSR count). The van der Waals surface area contributed by atoms with Gasteiger partial charge in [-0.15, -0.1) is 0 Å². The maximum Gasteiger partial charge on any atom is 0.326 e. The average molecular weight is 346 g/mol. The molecule has 3 fully saturated rings. The second kappa shape index (κ2) is 4.93. The van der Waals surface area contributed by atoms with Crippen LogP contribution < -0.4 is 0 Å². The van der Waals surface area contributed by atoms with E-state index in [1.807, 2.05) is 0 Å². The van der Waals surface area contributed by atoms with Crippen LogP contribution in [-0.4, -0.2) is 11.8 Å². The molecule has 24 heavy (non-hydrogen) atoms. The van der Waals surface area contributed by atoms with Gasteiger partial charge in [-0.2, -0.15) is 17.6 Å². The highest BCUT2D eigenvalue weighted by atomic mass is 19.3. The molecular weight excluding hydrogens is 330 g/mol. The SMILES string of the molecule is Cc1ccc(C#CC23CCC(C)(CC2)C(F)(F)C3(F)F)c(F)c1F. The van der Waals surface area contributed by atoms with Gasteiger partial charge in [0.05, 0.1) is 5.56 Å². The van der Waals surface area contributed by atoms with Gasteiger partial charge in [0, 0.05) is 5.41 Å². The highest BCUT2D eigenvalue weighted by molar-refractivity contribution is 5.41. The molecule has 0 saturated heterocycles. The lowest BCUT2D eigenvalue weighted by Gasteiger charge is -2.58. The van der Waals surface area contributed by atoms with Crippen molar-refractivity contribution in [1.29, 1.82) is 0 Å². The van der Waals surface area contributed by atoms with Crippen molar-refractivity contribution in [1.82, 2.24) is 0 Å². The standard InChI is InChI=1S/C18H16F6/c1-11-3-4-12(14(20)13(11)19)5-6-16-9-7-15(2,8-10-16)17(21,22)18(16,23)24/h3-4H,7-10H2,1-2H3. The Hall–Kier alpha value is -1.64. The summed E-state index contributed by atoms with van der Waals surface area (Å²) in [6.45, 7) is 2.53. The van der Waals surface area contributed by atoms with Crippen molar-refractivity contribution in [3.63, 3.8) is 0 Å². The molecule has 3 aliphatic carbocycles. The van der Waals surface area contributed by atoms with E-state index in [0.29, 0.717) is 0 Å². The van der Waals surface area contributed by atoms with E-state index in [-0.39, 0.29) is 31.2 Å². The van der Waals surface area contributed by atoms with Gasteiger partial charge in [0.25, 0.3) is 0 Å². The van der Waals surface area contributed by atoms with E-state index in [0.717, 1.165) is 0 Å². The Bertz CT molecular complexity index is 745. The first-order valence-electron chi connectivity index (χ1n) is 7.71. The van der Waals surface area contributed by atoms with Gasteiger partial charge in [-0.1, -0.05) is 24.8 Å². The Morgan fingerprint density at radius 1 is 0.875 bits per heavy atom. The molecule has 0 N–H and O–H groups in total. The monoisotopic (exact) mass is 346 g/mol. The van der Waals surface area contributed by atoms with E-state index in [1.54, 1.807) is 0 Å². The van der Waals surface area contributed by atoms with Crippen LogP contribution in [0.4, 0.5) is 26.3 Å². The molecule has 0 nitrogen and oxygen atoms in total. The Morgan fingerprint density at radius 3 is 2.04 bits per heavy atom. The fourth-order valence-corrected chi connectivity index (χ4v) is 3.67. The first-order valence-corrected chi connectivity index (χ1v) is 7.71. The third-order valence-corrected chi connectivity index (χ3v) is 5.67. The predicted molar refractivity (Wildman–Crippen MR) is 76.9 cm³/mol. The van der Waals surface area contributed by atoms with Gasteiger partial charge in [-0.05, 0) is 44.2 Å². The number of aryl methyl sites for hydroxylation is 1. The molecule has 1 aromatic carbocycles. The van der Waals surface area contributed by atoms with Crippen LogP contribution in [-0.2, 0) is 0 Å².